The van der Waals surface area contributed by atoms with Gasteiger partial charge in [0, 0.05) is 18.6 Å². The van der Waals surface area contributed by atoms with Crippen LogP contribution in [0.2, 0.25) is 0 Å². The van der Waals surface area contributed by atoms with Gasteiger partial charge in [-0.2, -0.15) is 4.98 Å². The quantitative estimate of drug-likeness (QED) is 0.783. The maximum Gasteiger partial charge on any atom is 0.252 e. The van der Waals surface area contributed by atoms with Crippen LogP contribution >= 0.6 is 0 Å². The van der Waals surface area contributed by atoms with Crippen LogP contribution in [0.4, 0.5) is 0 Å². The molecule has 2 heterocycles. The average molecular weight is 251 g/mol. The monoisotopic (exact) mass is 251 g/mol. The molecule has 0 amide bonds. The topological polar surface area (TPSA) is 60.2 Å². The van der Waals surface area contributed by atoms with Crippen LogP contribution in [0.25, 0.3) is 0 Å². The third kappa shape index (κ3) is 3.29. The maximum atomic E-state index is 5.60. The second kappa shape index (κ2) is 5.80. The van der Waals surface area contributed by atoms with Crippen LogP contribution in [-0.4, -0.2) is 29.3 Å². The Morgan fingerprint density at radius 3 is 3.00 bits per heavy atom. The average Bonchev–Trinajstić information content (AvgIpc) is 3.16. The van der Waals surface area contributed by atoms with Crippen molar-refractivity contribution in [1.29, 1.82) is 0 Å². The fraction of sp³-hybridized carbons (Fsp3) is 0.846. The molecule has 2 aliphatic rings. The zero-order valence-corrected chi connectivity index (χ0v) is 10.7. The zero-order chi connectivity index (χ0) is 12.2. The third-order valence-corrected chi connectivity index (χ3v) is 3.67. The fourth-order valence-electron chi connectivity index (χ4n) is 2.39. The molecule has 0 radical (unpaired) electrons. The number of hydrogen-bond donors (Lipinski definition) is 1. The van der Waals surface area contributed by atoms with E-state index < -0.39 is 0 Å². The smallest absolute Gasteiger partial charge is 0.252 e. The molecule has 2 fully saturated rings. The Kier molecular flexibility index (Phi) is 3.90. The molecule has 100 valence electrons. The van der Waals surface area contributed by atoms with Gasteiger partial charge in [0.2, 0.25) is 0 Å². The van der Waals surface area contributed by atoms with Crippen LogP contribution in [0.3, 0.4) is 0 Å². The summed E-state index contributed by atoms with van der Waals surface area (Å²) < 4.78 is 10.8. The molecule has 0 spiro atoms. The molecule has 1 unspecified atom stereocenters. The molecule has 5 heteroatoms. The Bertz CT molecular complexity index is 370. The minimum Gasteiger partial charge on any atom is -0.372 e. The number of aromatic nitrogens is 2. The summed E-state index contributed by atoms with van der Waals surface area (Å²) in [5.41, 5.74) is 0. The zero-order valence-electron chi connectivity index (χ0n) is 10.7. The number of hydrogen-bond acceptors (Lipinski definition) is 5. The minimum atomic E-state index is 0.451. The fourth-order valence-corrected chi connectivity index (χ4v) is 2.39. The summed E-state index contributed by atoms with van der Waals surface area (Å²) in [4.78, 5) is 4.34. The molecule has 1 saturated carbocycles. The number of rotatable bonds is 6. The van der Waals surface area contributed by atoms with Gasteiger partial charge in [-0.25, -0.2) is 0 Å². The summed E-state index contributed by atoms with van der Waals surface area (Å²) in [6.45, 7) is 2.37. The molecule has 0 aromatic carbocycles. The van der Waals surface area contributed by atoms with Gasteiger partial charge in [-0.05, 0) is 38.6 Å². The number of piperidine rings is 1. The molecule has 3 rings (SSSR count). The van der Waals surface area contributed by atoms with E-state index in [0.717, 1.165) is 25.4 Å². The van der Waals surface area contributed by atoms with Crippen LogP contribution in [0.1, 0.15) is 56.2 Å². The van der Waals surface area contributed by atoms with Gasteiger partial charge in [-0.3, -0.25) is 0 Å². The lowest BCUT2D eigenvalue weighted by atomic mass is 10.0. The Hall–Kier alpha value is -0.940. The lowest BCUT2D eigenvalue weighted by Gasteiger charge is -2.22. The van der Waals surface area contributed by atoms with Crippen molar-refractivity contribution < 1.29 is 9.26 Å². The predicted molar refractivity (Wildman–Crippen MR) is 66.2 cm³/mol. The van der Waals surface area contributed by atoms with Gasteiger partial charge in [-0.15, -0.1) is 0 Å². The van der Waals surface area contributed by atoms with Gasteiger partial charge in [0.15, 0.2) is 5.82 Å². The lowest BCUT2D eigenvalue weighted by molar-refractivity contribution is 0.0877. The molecule has 1 aliphatic heterocycles. The van der Waals surface area contributed by atoms with Gasteiger partial charge < -0.3 is 14.6 Å². The van der Waals surface area contributed by atoms with Gasteiger partial charge in [0.25, 0.3) is 5.89 Å². The molecule has 1 atom stereocenters. The highest BCUT2D eigenvalue weighted by atomic mass is 16.5. The first-order valence-corrected chi connectivity index (χ1v) is 7.05. The van der Waals surface area contributed by atoms with Gasteiger partial charge in [0.1, 0.15) is 6.61 Å². The van der Waals surface area contributed by atoms with Crippen molar-refractivity contribution in [2.75, 3.05) is 13.2 Å². The summed E-state index contributed by atoms with van der Waals surface area (Å²) in [6, 6.07) is 0.628. The van der Waals surface area contributed by atoms with E-state index in [2.05, 4.69) is 15.5 Å². The first-order chi connectivity index (χ1) is 8.92. The highest BCUT2D eigenvalue weighted by Gasteiger charge is 2.28. The standard InChI is InChI=1S/C13H21N3O2/c1-2-7-14-11(3-1)6-8-17-9-12-15-13(16-18-12)10-4-5-10/h10-11,14H,1-9H2. The van der Waals surface area contributed by atoms with E-state index in [1.165, 1.54) is 32.1 Å². The van der Waals surface area contributed by atoms with Crippen molar-refractivity contribution in [3.05, 3.63) is 11.7 Å². The minimum absolute atomic E-state index is 0.451. The third-order valence-electron chi connectivity index (χ3n) is 3.67. The summed E-state index contributed by atoms with van der Waals surface area (Å²) in [7, 11) is 0. The lowest BCUT2D eigenvalue weighted by Crippen LogP contribution is -2.34. The van der Waals surface area contributed by atoms with E-state index >= 15 is 0 Å². The van der Waals surface area contributed by atoms with E-state index in [4.69, 9.17) is 9.26 Å². The SMILES string of the molecule is C1CCC(CCOCc2nc(C3CC3)no2)NC1. The highest BCUT2D eigenvalue weighted by molar-refractivity contribution is 5.02. The first kappa shape index (κ1) is 12.1. The summed E-state index contributed by atoms with van der Waals surface area (Å²) in [5.74, 6) is 2.03. The van der Waals surface area contributed by atoms with Crippen LogP contribution in [0.5, 0.6) is 0 Å². The van der Waals surface area contributed by atoms with Crippen molar-refractivity contribution in [2.45, 2.75) is 57.1 Å². The van der Waals surface area contributed by atoms with E-state index in [1.807, 2.05) is 0 Å². The van der Waals surface area contributed by atoms with Crippen molar-refractivity contribution >= 4 is 0 Å². The van der Waals surface area contributed by atoms with Gasteiger partial charge in [-0.1, -0.05) is 11.6 Å². The van der Waals surface area contributed by atoms with Crippen LogP contribution in [0, 0.1) is 0 Å². The van der Waals surface area contributed by atoms with Crippen LogP contribution < -0.4 is 5.32 Å². The highest BCUT2D eigenvalue weighted by Crippen LogP contribution is 2.38. The Balaban J connectivity index is 1.33. The maximum absolute atomic E-state index is 5.60. The summed E-state index contributed by atoms with van der Waals surface area (Å²) >= 11 is 0. The number of nitrogens with one attached hydrogen (secondary N) is 1. The van der Waals surface area contributed by atoms with E-state index in [-0.39, 0.29) is 0 Å². The van der Waals surface area contributed by atoms with E-state index in [9.17, 15) is 0 Å². The second-order valence-electron chi connectivity index (χ2n) is 5.31. The Morgan fingerprint density at radius 2 is 2.22 bits per heavy atom. The van der Waals surface area contributed by atoms with Gasteiger partial charge >= 0.3 is 0 Å². The number of nitrogens with zero attached hydrogens (tertiary/aromatic N) is 2. The molecule has 5 nitrogen and oxygen atoms in total. The second-order valence-corrected chi connectivity index (χ2v) is 5.31. The van der Waals surface area contributed by atoms with Crippen molar-refractivity contribution in [3.63, 3.8) is 0 Å². The predicted octanol–water partition coefficient (Wildman–Crippen LogP) is 2.00. The first-order valence-electron chi connectivity index (χ1n) is 7.05. The number of ether oxygens (including phenoxy) is 1. The molecule has 18 heavy (non-hydrogen) atoms. The molecule has 1 aromatic heterocycles. The van der Waals surface area contributed by atoms with E-state index in [0.29, 0.717) is 24.5 Å². The normalized spacial score (nSPS) is 24.3. The van der Waals surface area contributed by atoms with E-state index in [1.54, 1.807) is 0 Å². The van der Waals surface area contributed by atoms with Crippen LogP contribution in [0.15, 0.2) is 4.52 Å². The molecular formula is C13H21N3O2. The largest absolute Gasteiger partial charge is 0.372 e. The van der Waals surface area contributed by atoms with Gasteiger partial charge in [0.05, 0.1) is 0 Å². The summed E-state index contributed by atoms with van der Waals surface area (Å²) in [5, 5.41) is 7.48. The molecule has 0 bridgehead atoms. The molecule has 1 aliphatic carbocycles. The molecule has 1 saturated heterocycles. The Morgan fingerprint density at radius 1 is 1.28 bits per heavy atom. The Labute approximate surface area is 107 Å². The molecular weight excluding hydrogens is 230 g/mol. The molecule has 1 aromatic rings. The van der Waals surface area contributed by atoms with Crippen LogP contribution in [-0.2, 0) is 11.3 Å². The van der Waals surface area contributed by atoms with Crippen molar-refractivity contribution in [3.8, 4) is 0 Å². The summed E-state index contributed by atoms with van der Waals surface area (Å²) in [6.07, 6.45) is 7.40. The van der Waals surface area contributed by atoms with Crippen molar-refractivity contribution in [2.24, 2.45) is 0 Å². The van der Waals surface area contributed by atoms with Crippen molar-refractivity contribution in [1.82, 2.24) is 15.5 Å². The molecule has 1 N–H and O–H groups in total.